The number of allylic oxidation sites excluding steroid dienone is 4. The molecule has 0 saturated heterocycles. The Morgan fingerprint density at radius 3 is 1.94 bits per heavy atom. The Labute approximate surface area is 189 Å². The zero-order chi connectivity index (χ0) is 22.8. The third kappa shape index (κ3) is 3.28. The number of dihydropyridines is 1. The maximum atomic E-state index is 13.6. The summed E-state index contributed by atoms with van der Waals surface area (Å²) in [4.78, 5) is 27.2. The molecule has 166 valence electrons. The number of carbonyl (C=O) groups excluding carboxylic acids is 2. The van der Waals surface area contributed by atoms with E-state index in [0.717, 1.165) is 57.5 Å². The first kappa shape index (κ1) is 21.0. The summed E-state index contributed by atoms with van der Waals surface area (Å²) in [5, 5.41) is 5.71. The number of carbonyl (C=O) groups is 2. The summed E-state index contributed by atoms with van der Waals surface area (Å²) in [7, 11) is 1.66. The van der Waals surface area contributed by atoms with Crippen molar-refractivity contribution in [1.82, 2.24) is 5.32 Å². The summed E-state index contributed by atoms with van der Waals surface area (Å²) in [5.74, 6) is 0.597. The van der Waals surface area contributed by atoms with E-state index in [2.05, 4.69) is 45.1 Å². The lowest BCUT2D eigenvalue weighted by Gasteiger charge is -2.44. The fourth-order valence-electron chi connectivity index (χ4n) is 5.93. The van der Waals surface area contributed by atoms with Gasteiger partial charge in [0.1, 0.15) is 5.75 Å². The molecule has 2 aromatic rings. The van der Waals surface area contributed by atoms with Crippen molar-refractivity contribution in [3.05, 3.63) is 64.5 Å². The minimum Gasteiger partial charge on any atom is -0.496 e. The first-order valence-corrected chi connectivity index (χ1v) is 11.5. The van der Waals surface area contributed by atoms with Crippen LogP contribution in [0, 0.1) is 10.8 Å². The van der Waals surface area contributed by atoms with Gasteiger partial charge in [0, 0.05) is 46.9 Å². The number of fused-ring (bicyclic) bond motifs is 1. The average molecular weight is 430 g/mol. The maximum Gasteiger partial charge on any atom is 0.162 e. The van der Waals surface area contributed by atoms with Crippen molar-refractivity contribution in [1.29, 1.82) is 0 Å². The van der Waals surface area contributed by atoms with Crippen molar-refractivity contribution in [2.45, 2.75) is 59.3 Å². The van der Waals surface area contributed by atoms with Crippen LogP contribution in [0.15, 0.2) is 58.9 Å². The van der Waals surface area contributed by atoms with E-state index in [1.54, 1.807) is 7.11 Å². The van der Waals surface area contributed by atoms with Crippen LogP contribution in [-0.4, -0.2) is 18.7 Å². The van der Waals surface area contributed by atoms with Crippen molar-refractivity contribution in [2.24, 2.45) is 10.8 Å². The van der Waals surface area contributed by atoms with Crippen LogP contribution in [-0.2, 0) is 9.59 Å². The van der Waals surface area contributed by atoms with Crippen molar-refractivity contribution in [2.75, 3.05) is 7.11 Å². The molecule has 0 aromatic heterocycles. The molecule has 0 saturated carbocycles. The van der Waals surface area contributed by atoms with Crippen LogP contribution in [0.5, 0.6) is 5.75 Å². The Morgan fingerprint density at radius 2 is 1.38 bits per heavy atom. The van der Waals surface area contributed by atoms with Gasteiger partial charge in [-0.3, -0.25) is 9.59 Å². The molecule has 0 atom stereocenters. The average Bonchev–Trinajstić information content (AvgIpc) is 2.69. The fourth-order valence-corrected chi connectivity index (χ4v) is 5.93. The van der Waals surface area contributed by atoms with E-state index >= 15 is 0 Å². The second-order valence-corrected chi connectivity index (χ2v) is 11.1. The van der Waals surface area contributed by atoms with Crippen LogP contribution in [0.25, 0.3) is 10.8 Å². The van der Waals surface area contributed by atoms with Gasteiger partial charge in [-0.25, -0.2) is 0 Å². The lowest BCUT2D eigenvalue weighted by atomic mass is 9.64. The minimum absolute atomic E-state index is 0.109. The van der Waals surface area contributed by atoms with Crippen LogP contribution < -0.4 is 10.1 Å². The first-order valence-electron chi connectivity index (χ1n) is 11.5. The number of ketones is 2. The Hall–Kier alpha value is -2.88. The van der Waals surface area contributed by atoms with Gasteiger partial charge >= 0.3 is 0 Å². The molecule has 3 aliphatic rings. The largest absolute Gasteiger partial charge is 0.496 e. The van der Waals surface area contributed by atoms with E-state index in [-0.39, 0.29) is 22.4 Å². The molecule has 4 heteroatoms. The molecule has 0 amide bonds. The van der Waals surface area contributed by atoms with Crippen molar-refractivity contribution in [3.8, 4) is 5.75 Å². The third-order valence-corrected chi connectivity index (χ3v) is 7.16. The number of rotatable bonds is 2. The van der Waals surface area contributed by atoms with Crippen molar-refractivity contribution < 1.29 is 14.3 Å². The number of ether oxygens (including phenoxy) is 1. The number of hydrogen-bond donors (Lipinski definition) is 1. The van der Waals surface area contributed by atoms with Crippen molar-refractivity contribution >= 4 is 22.3 Å². The summed E-state index contributed by atoms with van der Waals surface area (Å²) in [6.07, 6.45) is 2.56. The Kier molecular flexibility index (Phi) is 4.63. The number of methoxy groups -OCH3 is 1. The van der Waals surface area contributed by atoms with Gasteiger partial charge in [-0.15, -0.1) is 0 Å². The topological polar surface area (TPSA) is 55.4 Å². The van der Waals surface area contributed by atoms with E-state index in [4.69, 9.17) is 4.74 Å². The number of benzene rings is 2. The van der Waals surface area contributed by atoms with Gasteiger partial charge in [-0.1, -0.05) is 58.0 Å². The highest BCUT2D eigenvalue weighted by Gasteiger charge is 2.47. The number of nitrogens with one attached hydrogen (secondary N) is 1. The zero-order valence-corrected chi connectivity index (χ0v) is 19.6. The van der Waals surface area contributed by atoms with E-state index in [1.807, 2.05) is 24.3 Å². The van der Waals surface area contributed by atoms with E-state index in [1.165, 1.54) is 0 Å². The van der Waals surface area contributed by atoms with E-state index in [0.29, 0.717) is 12.8 Å². The van der Waals surface area contributed by atoms with Gasteiger partial charge in [0.15, 0.2) is 11.6 Å². The second-order valence-electron chi connectivity index (χ2n) is 11.1. The summed E-state index contributed by atoms with van der Waals surface area (Å²) >= 11 is 0. The second kappa shape index (κ2) is 7.06. The summed E-state index contributed by atoms with van der Waals surface area (Å²) in [6.45, 7) is 8.57. The summed E-state index contributed by atoms with van der Waals surface area (Å²) < 4.78 is 5.83. The SMILES string of the molecule is COc1ccc2ccccc2c1C1C2=C(CC(C)(C)CC2=O)NC2=C1C(=O)CC(C)(C)C2. The third-order valence-electron chi connectivity index (χ3n) is 7.16. The zero-order valence-electron chi connectivity index (χ0n) is 19.6. The number of hydrogen-bond acceptors (Lipinski definition) is 4. The molecule has 2 aliphatic carbocycles. The Morgan fingerprint density at radius 1 is 0.812 bits per heavy atom. The summed E-state index contributed by atoms with van der Waals surface area (Å²) in [5.41, 5.74) is 4.20. The van der Waals surface area contributed by atoms with Gasteiger partial charge in [-0.2, -0.15) is 0 Å². The molecule has 32 heavy (non-hydrogen) atoms. The normalized spacial score (nSPS) is 22.5. The van der Waals surface area contributed by atoms with Crippen LogP contribution in [0.1, 0.15) is 64.9 Å². The molecule has 4 nitrogen and oxygen atoms in total. The number of Topliss-reactive ketones (excluding diaryl/α,β-unsaturated/α-hetero) is 2. The maximum absolute atomic E-state index is 13.6. The van der Waals surface area contributed by atoms with Gasteiger partial charge in [0.2, 0.25) is 0 Å². The molecule has 0 spiro atoms. The molecule has 0 unspecified atom stereocenters. The molecule has 0 bridgehead atoms. The summed E-state index contributed by atoms with van der Waals surface area (Å²) in [6, 6.07) is 12.2. The lowest BCUT2D eigenvalue weighted by molar-refractivity contribution is -0.119. The predicted octanol–water partition coefficient (Wildman–Crippen LogP) is 5.82. The molecule has 0 radical (unpaired) electrons. The molecule has 5 rings (SSSR count). The molecule has 2 aromatic carbocycles. The van der Waals surface area contributed by atoms with Crippen LogP contribution in [0.2, 0.25) is 0 Å². The monoisotopic (exact) mass is 429 g/mol. The highest BCUT2D eigenvalue weighted by molar-refractivity contribution is 6.08. The highest BCUT2D eigenvalue weighted by atomic mass is 16.5. The Balaban J connectivity index is 1.83. The quantitative estimate of drug-likeness (QED) is 0.653. The van der Waals surface area contributed by atoms with Crippen LogP contribution in [0.3, 0.4) is 0 Å². The molecule has 1 aliphatic heterocycles. The highest BCUT2D eigenvalue weighted by Crippen LogP contribution is 2.53. The van der Waals surface area contributed by atoms with Gasteiger partial charge in [0.25, 0.3) is 0 Å². The molecular weight excluding hydrogens is 398 g/mol. The Bertz CT molecular complexity index is 1180. The molecule has 1 heterocycles. The molecule has 1 N–H and O–H groups in total. The van der Waals surface area contributed by atoms with Crippen LogP contribution >= 0.6 is 0 Å². The van der Waals surface area contributed by atoms with Crippen molar-refractivity contribution in [3.63, 3.8) is 0 Å². The van der Waals surface area contributed by atoms with Gasteiger partial charge < -0.3 is 10.1 Å². The molecule has 0 fully saturated rings. The smallest absolute Gasteiger partial charge is 0.162 e. The van der Waals surface area contributed by atoms with Crippen LogP contribution in [0.4, 0.5) is 0 Å². The fraction of sp³-hybridized carbons (Fsp3) is 0.429. The van der Waals surface area contributed by atoms with E-state index < -0.39 is 5.92 Å². The minimum atomic E-state index is -0.394. The first-order chi connectivity index (χ1) is 15.1. The van der Waals surface area contributed by atoms with Gasteiger partial charge in [0.05, 0.1) is 7.11 Å². The standard InChI is InChI=1S/C28H31NO3/c1-27(2)12-18-24(20(30)14-27)26(25-19(29-18)13-28(3,4)15-21(25)31)23-17-9-7-6-8-16(17)10-11-22(23)32-5/h6-11,26,29H,12-15H2,1-5H3. The predicted molar refractivity (Wildman–Crippen MR) is 126 cm³/mol. The lowest BCUT2D eigenvalue weighted by Crippen LogP contribution is -2.42. The molecular formula is C28H31NO3. The van der Waals surface area contributed by atoms with Gasteiger partial charge in [-0.05, 0) is 40.5 Å². The van der Waals surface area contributed by atoms with E-state index in [9.17, 15) is 9.59 Å².